The van der Waals surface area contributed by atoms with Crippen molar-refractivity contribution in [1.82, 2.24) is 20.1 Å². The molecule has 0 bridgehead atoms. The molecule has 0 atom stereocenters. The zero-order valence-electron chi connectivity index (χ0n) is 11.8. The number of nitrogens with zero attached hydrogens (tertiary/aromatic N) is 2. The molecule has 1 amide bonds. The van der Waals surface area contributed by atoms with Gasteiger partial charge in [-0.1, -0.05) is 30.3 Å². The summed E-state index contributed by atoms with van der Waals surface area (Å²) in [6.07, 6.45) is 0.164. The minimum absolute atomic E-state index is 0.264. The van der Waals surface area contributed by atoms with E-state index < -0.39 is 6.09 Å². The highest BCUT2D eigenvalue weighted by Gasteiger charge is 2.06. The average molecular weight is 306 g/mol. The molecule has 0 radical (unpaired) electrons. The summed E-state index contributed by atoms with van der Waals surface area (Å²) >= 11 is 5.10. The number of carbonyl (C=O) groups is 1. The smallest absolute Gasteiger partial charge is 0.407 e. The van der Waals surface area contributed by atoms with Gasteiger partial charge in [0.15, 0.2) is 4.77 Å². The van der Waals surface area contributed by atoms with E-state index in [-0.39, 0.29) is 6.61 Å². The maximum Gasteiger partial charge on any atom is 0.407 e. The SMILES string of the molecule is CCn1c(CCNC(=O)OCc2ccccc2)n[nH]c1=S. The summed E-state index contributed by atoms with van der Waals surface area (Å²) < 4.78 is 7.61. The van der Waals surface area contributed by atoms with Gasteiger partial charge in [-0.2, -0.15) is 5.10 Å². The number of benzene rings is 1. The summed E-state index contributed by atoms with van der Waals surface area (Å²) in [5, 5.41) is 9.58. The standard InChI is InChI=1S/C14H18N4O2S/c1-2-18-12(16-17-13(18)21)8-9-15-14(19)20-10-11-6-4-3-5-7-11/h3-7H,2,8-10H2,1H3,(H,15,19)(H,17,21). The van der Waals surface area contributed by atoms with E-state index >= 15 is 0 Å². The Morgan fingerprint density at radius 3 is 2.90 bits per heavy atom. The van der Waals surface area contributed by atoms with Gasteiger partial charge in [0.2, 0.25) is 0 Å². The molecule has 1 heterocycles. The first-order valence-electron chi connectivity index (χ1n) is 6.79. The lowest BCUT2D eigenvalue weighted by molar-refractivity contribution is 0.139. The largest absolute Gasteiger partial charge is 0.445 e. The number of aromatic nitrogens is 3. The third kappa shape index (κ3) is 4.42. The molecular weight excluding hydrogens is 288 g/mol. The van der Waals surface area contributed by atoms with E-state index in [1.807, 2.05) is 41.8 Å². The summed E-state index contributed by atoms with van der Waals surface area (Å²) in [5.74, 6) is 0.825. The van der Waals surface area contributed by atoms with Crippen molar-refractivity contribution in [3.8, 4) is 0 Å². The second kappa shape index (κ2) is 7.58. The number of nitrogens with one attached hydrogen (secondary N) is 2. The quantitative estimate of drug-likeness (QED) is 0.804. The van der Waals surface area contributed by atoms with Crippen LogP contribution in [0.1, 0.15) is 18.3 Å². The molecule has 0 spiro atoms. The lowest BCUT2D eigenvalue weighted by atomic mass is 10.2. The molecule has 2 aromatic rings. The fraction of sp³-hybridized carbons (Fsp3) is 0.357. The van der Waals surface area contributed by atoms with E-state index in [1.165, 1.54) is 0 Å². The number of rotatable bonds is 6. The number of hydrogen-bond acceptors (Lipinski definition) is 4. The van der Waals surface area contributed by atoms with Crippen LogP contribution in [0.15, 0.2) is 30.3 Å². The van der Waals surface area contributed by atoms with Crippen LogP contribution in [0.3, 0.4) is 0 Å². The Labute approximate surface area is 128 Å². The molecule has 0 aliphatic carbocycles. The Morgan fingerprint density at radius 1 is 1.43 bits per heavy atom. The first-order chi connectivity index (χ1) is 10.2. The number of H-pyrrole nitrogens is 1. The van der Waals surface area contributed by atoms with Crippen molar-refractivity contribution in [1.29, 1.82) is 0 Å². The highest BCUT2D eigenvalue weighted by molar-refractivity contribution is 7.71. The predicted molar refractivity (Wildman–Crippen MR) is 81.4 cm³/mol. The van der Waals surface area contributed by atoms with Gasteiger partial charge in [-0.15, -0.1) is 0 Å². The van der Waals surface area contributed by atoms with Crippen molar-refractivity contribution in [2.45, 2.75) is 26.5 Å². The highest BCUT2D eigenvalue weighted by atomic mass is 32.1. The zero-order valence-corrected chi connectivity index (χ0v) is 12.7. The van der Waals surface area contributed by atoms with Crippen LogP contribution >= 0.6 is 12.2 Å². The molecular formula is C14H18N4O2S. The summed E-state index contributed by atoms with van der Waals surface area (Å²) in [5.41, 5.74) is 0.958. The molecule has 2 rings (SSSR count). The van der Waals surface area contributed by atoms with Crippen LogP contribution in [0.2, 0.25) is 0 Å². The van der Waals surface area contributed by atoms with E-state index in [0.717, 1.165) is 17.9 Å². The first kappa shape index (κ1) is 15.2. The average Bonchev–Trinajstić information content (AvgIpc) is 2.86. The molecule has 1 aromatic carbocycles. The second-order valence-electron chi connectivity index (χ2n) is 4.43. The van der Waals surface area contributed by atoms with Crippen LogP contribution in [-0.4, -0.2) is 27.4 Å². The van der Waals surface area contributed by atoms with Crippen LogP contribution in [0, 0.1) is 4.77 Å². The molecule has 0 aliphatic rings. The summed E-state index contributed by atoms with van der Waals surface area (Å²) in [6, 6.07) is 9.55. The number of carbonyl (C=O) groups excluding carboxylic acids is 1. The fourth-order valence-corrected chi connectivity index (χ4v) is 2.20. The van der Waals surface area contributed by atoms with Crippen LogP contribution in [-0.2, 0) is 24.3 Å². The minimum atomic E-state index is -0.434. The van der Waals surface area contributed by atoms with Gasteiger partial charge in [0.25, 0.3) is 0 Å². The van der Waals surface area contributed by atoms with Crippen LogP contribution in [0.25, 0.3) is 0 Å². The monoisotopic (exact) mass is 306 g/mol. The van der Waals surface area contributed by atoms with E-state index in [9.17, 15) is 4.79 Å². The molecule has 0 fully saturated rings. The predicted octanol–water partition coefficient (Wildman–Crippen LogP) is 2.43. The Bertz CT molecular complexity index is 636. The van der Waals surface area contributed by atoms with Crippen molar-refractivity contribution < 1.29 is 9.53 Å². The van der Waals surface area contributed by atoms with Gasteiger partial charge in [0.1, 0.15) is 12.4 Å². The minimum Gasteiger partial charge on any atom is -0.445 e. The maximum atomic E-state index is 11.6. The van der Waals surface area contributed by atoms with E-state index in [2.05, 4.69) is 15.5 Å². The Morgan fingerprint density at radius 2 is 2.19 bits per heavy atom. The van der Waals surface area contributed by atoms with E-state index in [0.29, 0.717) is 17.7 Å². The number of hydrogen-bond donors (Lipinski definition) is 2. The van der Waals surface area contributed by atoms with Gasteiger partial charge in [0.05, 0.1) is 0 Å². The molecule has 6 nitrogen and oxygen atoms in total. The van der Waals surface area contributed by atoms with Gasteiger partial charge >= 0.3 is 6.09 Å². The fourth-order valence-electron chi connectivity index (χ4n) is 1.92. The molecule has 2 N–H and O–H groups in total. The third-order valence-corrected chi connectivity index (χ3v) is 3.30. The van der Waals surface area contributed by atoms with Gasteiger partial charge in [-0.3, -0.25) is 5.10 Å². The molecule has 0 saturated carbocycles. The zero-order chi connectivity index (χ0) is 15.1. The van der Waals surface area contributed by atoms with Crippen molar-refractivity contribution >= 4 is 18.3 Å². The first-order valence-corrected chi connectivity index (χ1v) is 7.20. The van der Waals surface area contributed by atoms with E-state index in [4.69, 9.17) is 17.0 Å². The van der Waals surface area contributed by atoms with Gasteiger partial charge in [0, 0.05) is 19.5 Å². The Balaban J connectivity index is 1.73. The maximum absolute atomic E-state index is 11.6. The number of ether oxygens (including phenoxy) is 1. The molecule has 1 aromatic heterocycles. The summed E-state index contributed by atoms with van der Waals surface area (Å²) in [6.45, 7) is 3.47. The highest BCUT2D eigenvalue weighted by Crippen LogP contribution is 2.01. The Kier molecular flexibility index (Phi) is 5.51. The topological polar surface area (TPSA) is 71.9 Å². The molecule has 21 heavy (non-hydrogen) atoms. The molecule has 0 aliphatic heterocycles. The lowest BCUT2D eigenvalue weighted by Gasteiger charge is -2.07. The lowest BCUT2D eigenvalue weighted by Crippen LogP contribution is -2.27. The normalized spacial score (nSPS) is 10.3. The molecule has 0 saturated heterocycles. The van der Waals surface area contributed by atoms with Gasteiger partial charge in [-0.25, -0.2) is 4.79 Å². The number of amides is 1. The Hall–Kier alpha value is -2.15. The number of alkyl carbamates (subject to hydrolysis) is 1. The molecule has 7 heteroatoms. The molecule has 0 unspecified atom stereocenters. The second-order valence-corrected chi connectivity index (χ2v) is 4.81. The van der Waals surface area contributed by atoms with Crippen molar-refractivity contribution in [2.24, 2.45) is 0 Å². The van der Waals surface area contributed by atoms with Crippen LogP contribution in [0.4, 0.5) is 4.79 Å². The third-order valence-electron chi connectivity index (χ3n) is 2.98. The number of aromatic amines is 1. The molecule has 112 valence electrons. The van der Waals surface area contributed by atoms with E-state index in [1.54, 1.807) is 0 Å². The van der Waals surface area contributed by atoms with Gasteiger partial charge < -0.3 is 14.6 Å². The van der Waals surface area contributed by atoms with Crippen molar-refractivity contribution in [3.63, 3.8) is 0 Å². The van der Waals surface area contributed by atoms with Crippen LogP contribution < -0.4 is 5.32 Å². The van der Waals surface area contributed by atoms with Crippen molar-refractivity contribution in [3.05, 3.63) is 46.5 Å². The van der Waals surface area contributed by atoms with Gasteiger partial charge in [-0.05, 0) is 24.7 Å². The summed E-state index contributed by atoms with van der Waals surface area (Å²) in [4.78, 5) is 11.6. The van der Waals surface area contributed by atoms with Crippen LogP contribution in [0.5, 0.6) is 0 Å². The van der Waals surface area contributed by atoms with Crippen molar-refractivity contribution in [2.75, 3.05) is 6.54 Å². The summed E-state index contributed by atoms with van der Waals surface area (Å²) in [7, 11) is 0.